The molecule has 0 bridgehead atoms. The Balaban J connectivity index is 2.06. The van der Waals surface area contributed by atoms with Crippen molar-refractivity contribution in [2.45, 2.75) is 25.4 Å². The molecule has 0 aromatic carbocycles. The number of hydrogen-bond donors (Lipinski definition) is 2. The molecular formula is C7H12N2O. The molecule has 2 aliphatic rings. The summed E-state index contributed by atoms with van der Waals surface area (Å²) >= 11 is 0. The Hall–Kier alpha value is -0.570. The van der Waals surface area contributed by atoms with E-state index < -0.39 is 0 Å². The third-order valence-corrected chi connectivity index (χ3v) is 2.40. The summed E-state index contributed by atoms with van der Waals surface area (Å²) in [5, 5.41) is 6.01. The molecule has 3 nitrogen and oxygen atoms in total. The Morgan fingerprint density at radius 1 is 1.60 bits per heavy atom. The van der Waals surface area contributed by atoms with Gasteiger partial charge in [0.2, 0.25) is 5.91 Å². The normalized spacial score (nSPS) is 45.3. The minimum atomic E-state index is 0.135. The maximum absolute atomic E-state index is 11.1. The molecule has 0 spiro atoms. The molecule has 0 aliphatic carbocycles. The summed E-state index contributed by atoms with van der Waals surface area (Å²) in [4.78, 5) is 11.1. The van der Waals surface area contributed by atoms with Crippen molar-refractivity contribution >= 4 is 5.91 Å². The van der Waals surface area contributed by atoms with E-state index in [1.165, 1.54) is 0 Å². The molecule has 0 radical (unpaired) electrons. The maximum atomic E-state index is 11.1. The van der Waals surface area contributed by atoms with Crippen LogP contribution in [0.2, 0.25) is 0 Å². The highest BCUT2D eigenvalue weighted by Crippen LogP contribution is 2.23. The Kier molecular flexibility index (Phi) is 1.20. The molecule has 2 fully saturated rings. The van der Waals surface area contributed by atoms with Crippen LogP contribution >= 0.6 is 0 Å². The first-order valence-corrected chi connectivity index (χ1v) is 3.81. The SMILES string of the molecule is CC1CC2CNC2C(=O)N1. The fraction of sp³-hybridized carbons (Fsp3) is 0.857. The molecule has 0 aromatic rings. The van der Waals surface area contributed by atoms with Crippen LogP contribution in [0.1, 0.15) is 13.3 Å². The molecule has 0 saturated carbocycles. The van der Waals surface area contributed by atoms with Gasteiger partial charge in [-0.05, 0) is 19.3 Å². The van der Waals surface area contributed by atoms with E-state index in [0.29, 0.717) is 12.0 Å². The van der Waals surface area contributed by atoms with E-state index in [9.17, 15) is 4.79 Å². The summed E-state index contributed by atoms with van der Waals surface area (Å²) in [5.74, 6) is 0.804. The molecule has 2 saturated heterocycles. The van der Waals surface area contributed by atoms with Crippen LogP contribution < -0.4 is 10.6 Å². The molecule has 10 heavy (non-hydrogen) atoms. The zero-order chi connectivity index (χ0) is 7.14. The minimum Gasteiger partial charge on any atom is -0.352 e. The Labute approximate surface area is 60.2 Å². The minimum absolute atomic E-state index is 0.135. The van der Waals surface area contributed by atoms with Gasteiger partial charge in [-0.2, -0.15) is 0 Å². The summed E-state index contributed by atoms with van der Waals surface area (Å²) in [5.41, 5.74) is 0. The van der Waals surface area contributed by atoms with Crippen molar-refractivity contribution in [2.75, 3.05) is 6.54 Å². The lowest BCUT2D eigenvalue weighted by molar-refractivity contribution is -0.130. The van der Waals surface area contributed by atoms with Gasteiger partial charge < -0.3 is 10.6 Å². The molecule has 2 heterocycles. The second-order valence-electron chi connectivity index (χ2n) is 3.29. The van der Waals surface area contributed by atoms with Crippen molar-refractivity contribution in [1.29, 1.82) is 0 Å². The van der Waals surface area contributed by atoms with Gasteiger partial charge in [0.15, 0.2) is 0 Å². The van der Waals surface area contributed by atoms with Crippen LogP contribution in [0.5, 0.6) is 0 Å². The molecule has 3 heteroatoms. The first-order valence-electron chi connectivity index (χ1n) is 3.81. The summed E-state index contributed by atoms with van der Waals surface area (Å²) in [6, 6.07) is 0.520. The Morgan fingerprint density at radius 3 is 2.90 bits per heavy atom. The number of nitrogens with one attached hydrogen (secondary N) is 2. The van der Waals surface area contributed by atoms with Gasteiger partial charge >= 0.3 is 0 Å². The van der Waals surface area contributed by atoms with Crippen LogP contribution in [0.15, 0.2) is 0 Å². The van der Waals surface area contributed by atoms with Crippen LogP contribution in [0.25, 0.3) is 0 Å². The van der Waals surface area contributed by atoms with Crippen molar-refractivity contribution in [1.82, 2.24) is 10.6 Å². The third kappa shape index (κ3) is 0.736. The second kappa shape index (κ2) is 1.95. The van der Waals surface area contributed by atoms with Crippen LogP contribution in [-0.2, 0) is 4.79 Å². The van der Waals surface area contributed by atoms with Gasteiger partial charge in [-0.15, -0.1) is 0 Å². The van der Waals surface area contributed by atoms with E-state index in [0.717, 1.165) is 13.0 Å². The topological polar surface area (TPSA) is 41.1 Å². The van der Waals surface area contributed by atoms with E-state index in [2.05, 4.69) is 17.6 Å². The fourth-order valence-electron chi connectivity index (χ4n) is 1.77. The number of carbonyl (C=O) groups excluding carboxylic acids is 1. The summed E-state index contributed by atoms with van der Waals surface area (Å²) in [6.07, 6.45) is 1.14. The summed E-state index contributed by atoms with van der Waals surface area (Å²) < 4.78 is 0. The van der Waals surface area contributed by atoms with Crippen LogP contribution in [-0.4, -0.2) is 24.5 Å². The van der Waals surface area contributed by atoms with E-state index in [4.69, 9.17) is 0 Å². The van der Waals surface area contributed by atoms with Gasteiger partial charge in [0, 0.05) is 12.6 Å². The predicted molar refractivity (Wildman–Crippen MR) is 37.5 cm³/mol. The van der Waals surface area contributed by atoms with Crippen molar-refractivity contribution in [2.24, 2.45) is 5.92 Å². The number of carbonyl (C=O) groups is 1. The first kappa shape index (κ1) is 6.16. The summed E-state index contributed by atoms with van der Waals surface area (Å²) in [7, 11) is 0. The third-order valence-electron chi connectivity index (χ3n) is 2.40. The van der Waals surface area contributed by atoms with E-state index in [-0.39, 0.29) is 11.9 Å². The number of hydrogen-bond acceptors (Lipinski definition) is 2. The zero-order valence-electron chi connectivity index (χ0n) is 6.05. The predicted octanol–water partition coefficient (Wildman–Crippen LogP) is -0.517. The van der Waals surface area contributed by atoms with Crippen molar-refractivity contribution in [3.8, 4) is 0 Å². The average molecular weight is 140 g/mol. The second-order valence-corrected chi connectivity index (χ2v) is 3.29. The number of fused-ring (bicyclic) bond motifs is 1. The van der Waals surface area contributed by atoms with E-state index in [1.54, 1.807) is 0 Å². The average Bonchev–Trinajstić information content (AvgIpc) is 1.77. The molecular weight excluding hydrogens is 128 g/mol. The van der Waals surface area contributed by atoms with Crippen molar-refractivity contribution in [3.63, 3.8) is 0 Å². The molecule has 3 unspecified atom stereocenters. The Morgan fingerprint density at radius 2 is 2.40 bits per heavy atom. The highest BCUT2D eigenvalue weighted by Gasteiger charge is 2.40. The first-order chi connectivity index (χ1) is 4.77. The standard InChI is InChI=1S/C7H12N2O/c1-4-2-5-3-8-6(5)7(10)9-4/h4-6,8H,2-3H2,1H3,(H,9,10). The van der Waals surface area contributed by atoms with Gasteiger partial charge in [-0.1, -0.05) is 0 Å². The summed E-state index contributed by atoms with van der Waals surface area (Å²) in [6.45, 7) is 3.09. The monoisotopic (exact) mass is 140 g/mol. The van der Waals surface area contributed by atoms with Gasteiger partial charge in [-0.25, -0.2) is 0 Å². The zero-order valence-corrected chi connectivity index (χ0v) is 6.05. The fourth-order valence-corrected chi connectivity index (χ4v) is 1.77. The smallest absolute Gasteiger partial charge is 0.237 e. The lowest BCUT2D eigenvalue weighted by Crippen LogP contribution is -2.66. The number of amides is 1. The highest BCUT2D eigenvalue weighted by molar-refractivity contribution is 5.84. The molecule has 1 amide bonds. The molecule has 2 rings (SSSR count). The molecule has 3 atom stereocenters. The lowest BCUT2D eigenvalue weighted by Gasteiger charge is -2.43. The molecule has 2 aliphatic heterocycles. The van der Waals surface area contributed by atoms with Gasteiger partial charge in [0.1, 0.15) is 0 Å². The van der Waals surface area contributed by atoms with Crippen LogP contribution in [0, 0.1) is 5.92 Å². The lowest BCUT2D eigenvalue weighted by atomic mass is 9.82. The largest absolute Gasteiger partial charge is 0.352 e. The number of rotatable bonds is 0. The molecule has 2 N–H and O–H groups in total. The quantitative estimate of drug-likeness (QED) is 0.475. The molecule has 56 valence electrons. The van der Waals surface area contributed by atoms with E-state index in [1.807, 2.05) is 0 Å². The van der Waals surface area contributed by atoms with Gasteiger partial charge in [-0.3, -0.25) is 4.79 Å². The van der Waals surface area contributed by atoms with Crippen molar-refractivity contribution < 1.29 is 4.79 Å². The Bertz CT molecular complexity index is 169. The highest BCUT2D eigenvalue weighted by atomic mass is 16.2. The molecule has 0 aromatic heterocycles. The van der Waals surface area contributed by atoms with Gasteiger partial charge in [0.05, 0.1) is 6.04 Å². The van der Waals surface area contributed by atoms with Crippen molar-refractivity contribution in [3.05, 3.63) is 0 Å². The van der Waals surface area contributed by atoms with Crippen LogP contribution in [0.4, 0.5) is 0 Å². The maximum Gasteiger partial charge on any atom is 0.237 e. The number of piperidine rings is 1. The van der Waals surface area contributed by atoms with Gasteiger partial charge in [0.25, 0.3) is 0 Å². The van der Waals surface area contributed by atoms with Crippen LogP contribution in [0.3, 0.4) is 0 Å². The van der Waals surface area contributed by atoms with E-state index >= 15 is 0 Å².